The number of hydrogen-bond donors (Lipinski definition) is 1. The second kappa shape index (κ2) is 9.99. The fourth-order valence-corrected chi connectivity index (χ4v) is 4.88. The van der Waals surface area contributed by atoms with E-state index in [9.17, 15) is 4.79 Å². The number of carbonyl (C=O) groups excluding carboxylic acids is 1. The molecule has 0 bridgehead atoms. The first kappa shape index (κ1) is 22.7. The van der Waals surface area contributed by atoms with Gasteiger partial charge in [0.15, 0.2) is 0 Å². The molecule has 6 nitrogen and oxygen atoms in total. The molecule has 6 heteroatoms. The van der Waals surface area contributed by atoms with Crippen molar-refractivity contribution in [3.63, 3.8) is 0 Å². The smallest absolute Gasteiger partial charge is 0.225 e. The van der Waals surface area contributed by atoms with Crippen LogP contribution < -0.4 is 10.2 Å². The zero-order chi connectivity index (χ0) is 22.7. The lowest BCUT2D eigenvalue weighted by atomic mass is 9.91. The second-order valence-corrected chi connectivity index (χ2v) is 9.94. The van der Waals surface area contributed by atoms with Crippen molar-refractivity contribution in [3.8, 4) is 0 Å². The fraction of sp³-hybridized carbons (Fsp3) is 0.577. The second-order valence-electron chi connectivity index (χ2n) is 9.94. The van der Waals surface area contributed by atoms with Crippen LogP contribution in [-0.4, -0.2) is 53.0 Å². The summed E-state index contributed by atoms with van der Waals surface area (Å²) in [6.07, 6.45) is 4.25. The molecule has 1 amide bonds. The predicted molar refractivity (Wildman–Crippen MR) is 129 cm³/mol. The van der Waals surface area contributed by atoms with Crippen LogP contribution in [-0.2, 0) is 11.3 Å². The molecule has 1 aromatic carbocycles. The topological polar surface area (TPSA) is 61.4 Å². The number of benzene rings is 1. The highest BCUT2D eigenvalue weighted by Gasteiger charge is 2.39. The summed E-state index contributed by atoms with van der Waals surface area (Å²) < 4.78 is 0. The molecular formula is C26H37N5O. The van der Waals surface area contributed by atoms with Gasteiger partial charge in [-0.05, 0) is 49.8 Å². The van der Waals surface area contributed by atoms with Crippen molar-refractivity contribution in [1.82, 2.24) is 20.2 Å². The average molecular weight is 436 g/mol. The van der Waals surface area contributed by atoms with E-state index in [-0.39, 0.29) is 23.8 Å². The van der Waals surface area contributed by atoms with Crippen LogP contribution in [0.3, 0.4) is 0 Å². The van der Waals surface area contributed by atoms with Crippen molar-refractivity contribution in [3.05, 3.63) is 53.3 Å². The van der Waals surface area contributed by atoms with Gasteiger partial charge in [0.1, 0.15) is 0 Å². The maximum atomic E-state index is 13.1. The molecule has 0 spiro atoms. The number of anilines is 1. The van der Waals surface area contributed by atoms with Crippen LogP contribution in [0.15, 0.2) is 36.5 Å². The molecule has 172 valence electrons. The van der Waals surface area contributed by atoms with Gasteiger partial charge in [-0.2, -0.15) is 0 Å². The van der Waals surface area contributed by atoms with Gasteiger partial charge in [-0.1, -0.05) is 38.1 Å². The third kappa shape index (κ3) is 5.29. The van der Waals surface area contributed by atoms with Gasteiger partial charge in [0.05, 0.1) is 11.6 Å². The van der Waals surface area contributed by atoms with Crippen molar-refractivity contribution in [2.24, 2.45) is 5.92 Å². The first-order chi connectivity index (χ1) is 15.4. The van der Waals surface area contributed by atoms with Gasteiger partial charge in [0, 0.05) is 50.9 Å². The molecule has 2 aliphatic heterocycles. The lowest BCUT2D eigenvalue weighted by Gasteiger charge is -2.21. The summed E-state index contributed by atoms with van der Waals surface area (Å²) in [6, 6.07) is 11.0. The maximum absolute atomic E-state index is 13.1. The van der Waals surface area contributed by atoms with E-state index in [1.165, 1.54) is 24.0 Å². The van der Waals surface area contributed by atoms with Gasteiger partial charge < -0.3 is 10.2 Å². The third-order valence-corrected chi connectivity index (χ3v) is 6.65. The Morgan fingerprint density at radius 3 is 2.44 bits per heavy atom. The summed E-state index contributed by atoms with van der Waals surface area (Å²) in [7, 11) is 0. The van der Waals surface area contributed by atoms with E-state index < -0.39 is 0 Å². The number of hydrogen-bond acceptors (Lipinski definition) is 5. The Morgan fingerprint density at radius 2 is 1.78 bits per heavy atom. The van der Waals surface area contributed by atoms with Gasteiger partial charge in [0.2, 0.25) is 11.9 Å². The fourth-order valence-electron chi connectivity index (χ4n) is 4.88. The molecule has 4 rings (SSSR count). The van der Waals surface area contributed by atoms with Gasteiger partial charge in [-0.15, -0.1) is 0 Å². The Labute approximate surface area is 192 Å². The highest BCUT2D eigenvalue weighted by Crippen LogP contribution is 2.34. The van der Waals surface area contributed by atoms with Gasteiger partial charge in [-0.25, -0.2) is 9.97 Å². The summed E-state index contributed by atoms with van der Waals surface area (Å²) in [4.78, 5) is 27.2. The minimum Gasteiger partial charge on any atom is -0.354 e. The Bertz CT molecular complexity index is 905. The molecule has 2 atom stereocenters. The van der Waals surface area contributed by atoms with Gasteiger partial charge >= 0.3 is 0 Å². The molecule has 3 heterocycles. The van der Waals surface area contributed by atoms with Crippen LogP contribution >= 0.6 is 0 Å². The predicted octanol–water partition coefficient (Wildman–Crippen LogP) is 3.94. The van der Waals surface area contributed by atoms with Crippen molar-refractivity contribution >= 4 is 11.9 Å². The number of aromatic nitrogens is 2. The van der Waals surface area contributed by atoms with E-state index >= 15 is 0 Å². The van der Waals surface area contributed by atoms with Gasteiger partial charge in [-0.3, -0.25) is 9.69 Å². The molecule has 2 fully saturated rings. The zero-order valence-electron chi connectivity index (χ0n) is 19.9. The number of carbonyl (C=O) groups is 1. The first-order valence-corrected chi connectivity index (χ1v) is 12.1. The summed E-state index contributed by atoms with van der Waals surface area (Å²) in [5, 5.41) is 3.14. The van der Waals surface area contributed by atoms with Gasteiger partial charge in [0.25, 0.3) is 0 Å². The minimum absolute atomic E-state index is 0.0769. The molecule has 2 aliphatic rings. The molecule has 0 radical (unpaired) electrons. The van der Waals surface area contributed by atoms with Crippen LogP contribution in [0.1, 0.15) is 69.2 Å². The van der Waals surface area contributed by atoms with E-state index in [0.29, 0.717) is 5.92 Å². The molecule has 0 aliphatic carbocycles. The molecule has 1 N–H and O–H groups in total. The lowest BCUT2D eigenvalue weighted by Crippen LogP contribution is -2.38. The molecule has 1 aromatic heterocycles. The van der Waals surface area contributed by atoms with E-state index in [2.05, 4.69) is 58.2 Å². The molecule has 2 aromatic rings. The third-order valence-electron chi connectivity index (χ3n) is 6.65. The number of nitrogens with zero attached hydrogens (tertiary/aromatic N) is 4. The van der Waals surface area contributed by atoms with Crippen LogP contribution in [0.4, 0.5) is 5.95 Å². The van der Waals surface area contributed by atoms with E-state index in [0.717, 1.165) is 44.4 Å². The number of amides is 1. The number of rotatable bonds is 7. The Balaban J connectivity index is 1.53. The molecule has 32 heavy (non-hydrogen) atoms. The first-order valence-electron chi connectivity index (χ1n) is 12.1. The van der Waals surface area contributed by atoms with E-state index in [1.807, 2.05) is 26.1 Å². The minimum atomic E-state index is -0.103. The quantitative estimate of drug-likeness (QED) is 0.714. The SMILES string of the molecule is CC(C)NC(=O)[C@@H]1CN(Cc2ccc(C(C)C)cc2)C[C@H]1c1ccnc(N2CCCC2)n1. The van der Waals surface area contributed by atoms with Crippen LogP contribution in [0, 0.1) is 5.92 Å². The van der Waals surface area contributed by atoms with Crippen LogP contribution in [0.25, 0.3) is 0 Å². The average Bonchev–Trinajstić information content (AvgIpc) is 3.44. The molecule has 0 saturated carbocycles. The number of nitrogens with one attached hydrogen (secondary N) is 1. The van der Waals surface area contributed by atoms with E-state index in [4.69, 9.17) is 4.98 Å². The van der Waals surface area contributed by atoms with Crippen molar-refractivity contribution < 1.29 is 4.79 Å². The highest BCUT2D eigenvalue weighted by atomic mass is 16.2. The summed E-state index contributed by atoms with van der Waals surface area (Å²) in [5.41, 5.74) is 3.64. The Hall–Kier alpha value is -2.47. The van der Waals surface area contributed by atoms with Crippen LogP contribution in [0.2, 0.25) is 0 Å². The molecular weight excluding hydrogens is 398 g/mol. The summed E-state index contributed by atoms with van der Waals surface area (Å²) in [5.74, 6) is 1.45. The standard InChI is InChI=1S/C26H37N5O/c1-18(2)21-9-7-20(8-10-21)15-30-16-22(23(17-30)25(32)28-19(3)4)24-11-12-27-26(29-24)31-13-5-6-14-31/h7-12,18-19,22-23H,5-6,13-17H2,1-4H3,(H,28,32)/t22-,23-/m1/s1. The largest absolute Gasteiger partial charge is 0.354 e. The summed E-state index contributed by atoms with van der Waals surface area (Å²) >= 11 is 0. The highest BCUT2D eigenvalue weighted by molar-refractivity contribution is 5.80. The van der Waals surface area contributed by atoms with E-state index in [1.54, 1.807) is 0 Å². The zero-order valence-corrected chi connectivity index (χ0v) is 19.9. The molecule has 2 saturated heterocycles. The number of likely N-dealkylation sites (tertiary alicyclic amines) is 1. The Morgan fingerprint density at radius 1 is 1.06 bits per heavy atom. The van der Waals surface area contributed by atoms with Crippen LogP contribution in [0.5, 0.6) is 0 Å². The molecule has 0 unspecified atom stereocenters. The monoisotopic (exact) mass is 435 g/mol. The van der Waals surface area contributed by atoms with Crippen molar-refractivity contribution in [2.75, 3.05) is 31.1 Å². The summed E-state index contributed by atoms with van der Waals surface area (Å²) in [6.45, 7) is 12.9. The lowest BCUT2D eigenvalue weighted by molar-refractivity contribution is -0.125. The van der Waals surface area contributed by atoms with Crippen molar-refractivity contribution in [2.45, 2.75) is 65.0 Å². The Kier molecular flexibility index (Phi) is 7.09. The van der Waals surface area contributed by atoms with Crippen molar-refractivity contribution in [1.29, 1.82) is 0 Å². The maximum Gasteiger partial charge on any atom is 0.225 e. The normalized spacial score (nSPS) is 21.6.